The normalized spacial score (nSPS) is 10.8. The van der Waals surface area contributed by atoms with Crippen molar-refractivity contribution in [1.29, 1.82) is 5.26 Å². The van der Waals surface area contributed by atoms with E-state index >= 15 is 0 Å². The number of ether oxygens (including phenoxy) is 2. The van der Waals surface area contributed by atoms with Gasteiger partial charge >= 0.3 is 0 Å². The van der Waals surface area contributed by atoms with E-state index in [4.69, 9.17) is 9.47 Å². The standard InChI is InChI=1S/C26H21BrFN3O4/c1-16-5-3-4-6-22(16)31-24(32)15-35-25-21(27)12-17(13-23(25)34-2)11-18(14-29)26(33)30-20-9-7-19(28)8-10-20/h3-13H,15H2,1-2H3,(H,30,33)(H,31,32)/b18-11+. The number of rotatable bonds is 8. The van der Waals surface area contributed by atoms with Crippen LogP contribution in [0.3, 0.4) is 0 Å². The number of amides is 2. The zero-order valence-corrected chi connectivity index (χ0v) is 20.5. The molecule has 0 aromatic heterocycles. The van der Waals surface area contributed by atoms with Gasteiger partial charge in [-0.1, -0.05) is 18.2 Å². The van der Waals surface area contributed by atoms with Gasteiger partial charge in [0.1, 0.15) is 17.5 Å². The Hall–Kier alpha value is -4.16. The number of methoxy groups -OCH3 is 1. The van der Waals surface area contributed by atoms with Gasteiger partial charge in [-0.2, -0.15) is 5.26 Å². The van der Waals surface area contributed by atoms with Crippen LogP contribution in [-0.4, -0.2) is 25.5 Å². The molecule has 178 valence electrons. The van der Waals surface area contributed by atoms with Crippen LogP contribution in [-0.2, 0) is 9.59 Å². The van der Waals surface area contributed by atoms with Gasteiger partial charge in [-0.3, -0.25) is 9.59 Å². The Labute approximate surface area is 210 Å². The number of halogens is 2. The Bertz CT molecular complexity index is 1320. The van der Waals surface area contributed by atoms with Gasteiger partial charge in [0.05, 0.1) is 11.6 Å². The molecule has 0 fully saturated rings. The first-order valence-corrected chi connectivity index (χ1v) is 11.1. The third-order valence-corrected chi connectivity index (χ3v) is 5.39. The summed E-state index contributed by atoms with van der Waals surface area (Å²) in [5.41, 5.74) is 2.28. The van der Waals surface area contributed by atoms with E-state index < -0.39 is 11.7 Å². The fraction of sp³-hybridized carbons (Fsp3) is 0.115. The van der Waals surface area contributed by atoms with Gasteiger partial charge in [-0.15, -0.1) is 0 Å². The highest BCUT2D eigenvalue weighted by molar-refractivity contribution is 9.10. The van der Waals surface area contributed by atoms with Crippen molar-refractivity contribution in [2.75, 3.05) is 24.4 Å². The van der Waals surface area contributed by atoms with E-state index in [0.29, 0.717) is 32.9 Å². The first-order chi connectivity index (χ1) is 16.8. The zero-order chi connectivity index (χ0) is 25.4. The minimum atomic E-state index is -0.651. The van der Waals surface area contributed by atoms with Crippen LogP contribution in [0.4, 0.5) is 15.8 Å². The molecule has 0 saturated heterocycles. The van der Waals surface area contributed by atoms with E-state index in [1.165, 1.54) is 37.5 Å². The smallest absolute Gasteiger partial charge is 0.266 e. The summed E-state index contributed by atoms with van der Waals surface area (Å²) in [7, 11) is 1.43. The molecule has 0 spiro atoms. The lowest BCUT2D eigenvalue weighted by molar-refractivity contribution is -0.118. The molecule has 3 rings (SSSR count). The predicted molar refractivity (Wildman–Crippen MR) is 135 cm³/mol. The van der Waals surface area contributed by atoms with Crippen LogP contribution in [0.25, 0.3) is 6.08 Å². The second-order valence-electron chi connectivity index (χ2n) is 7.32. The Morgan fingerprint density at radius 3 is 2.49 bits per heavy atom. The first-order valence-electron chi connectivity index (χ1n) is 10.3. The highest BCUT2D eigenvalue weighted by Gasteiger charge is 2.16. The van der Waals surface area contributed by atoms with Crippen LogP contribution >= 0.6 is 15.9 Å². The molecule has 7 nitrogen and oxygen atoms in total. The highest BCUT2D eigenvalue weighted by Crippen LogP contribution is 2.37. The largest absolute Gasteiger partial charge is 0.493 e. The summed E-state index contributed by atoms with van der Waals surface area (Å²) >= 11 is 3.39. The maximum Gasteiger partial charge on any atom is 0.266 e. The molecular formula is C26H21BrFN3O4. The second kappa shape index (κ2) is 11.8. The van der Waals surface area contributed by atoms with Gasteiger partial charge in [0.2, 0.25) is 0 Å². The van der Waals surface area contributed by atoms with Crippen molar-refractivity contribution in [1.82, 2.24) is 0 Å². The van der Waals surface area contributed by atoms with Gasteiger partial charge in [-0.25, -0.2) is 4.39 Å². The predicted octanol–water partition coefficient (Wildman–Crippen LogP) is 5.47. The summed E-state index contributed by atoms with van der Waals surface area (Å²) in [6, 6.07) is 17.6. The Balaban J connectivity index is 1.74. The number of nitriles is 1. The van der Waals surface area contributed by atoms with E-state index in [2.05, 4.69) is 26.6 Å². The number of carbonyl (C=O) groups is 2. The lowest BCUT2D eigenvalue weighted by Crippen LogP contribution is -2.21. The number of hydrogen-bond donors (Lipinski definition) is 2. The van der Waals surface area contributed by atoms with Crippen molar-refractivity contribution in [3.8, 4) is 17.6 Å². The molecule has 0 atom stereocenters. The summed E-state index contributed by atoms with van der Waals surface area (Å²) in [4.78, 5) is 24.8. The van der Waals surface area contributed by atoms with Crippen LogP contribution in [0.5, 0.6) is 11.5 Å². The summed E-state index contributed by atoms with van der Waals surface area (Å²) in [6.07, 6.45) is 1.38. The molecule has 2 amide bonds. The van der Waals surface area contributed by atoms with Crippen LogP contribution in [0, 0.1) is 24.1 Å². The maximum atomic E-state index is 13.1. The quantitative estimate of drug-likeness (QED) is 0.293. The lowest BCUT2D eigenvalue weighted by atomic mass is 10.1. The van der Waals surface area contributed by atoms with Crippen LogP contribution < -0.4 is 20.1 Å². The van der Waals surface area contributed by atoms with Crippen molar-refractivity contribution in [3.05, 3.63) is 87.7 Å². The fourth-order valence-corrected chi connectivity index (χ4v) is 3.62. The number of carbonyl (C=O) groups excluding carboxylic acids is 2. The number of hydrogen-bond acceptors (Lipinski definition) is 5. The number of para-hydroxylation sites is 1. The molecule has 0 radical (unpaired) electrons. The average Bonchev–Trinajstić information content (AvgIpc) is 2.84. The molecule has 9 heteroatoms. The third-order valence-electron chi connectivity index (χ3n) is 4.80. The van der Waals surface area contributed by atoms with Crippen molar-refractivity contribution in [2.45, 2.75) is 6.92 Å². The summed E-state index contributed by atoms with van der Waals surface area (Å²) < 4.78 is 24.6. The van der Waals surface area contributed by atoms with E-state index in [9.17, 15) is 19.2 Å². The van der Waals surface area contributed by atoms with Crippen LogP contribution in [0.15, 0.2) is 70.7 Å². The van der Waals surface area contributed by atoms with Gasteiger partial charge in [-0.05, 0) is 82.5 Å². The number of aryl methyl sites for hydroxylation is 1. The molecule has 3 aromatic rings. The van der Waals surface area contributed by atoms with Gasteiger partial charge < -0.3 is 20.1 Å². The highest BCUT2D eigenvalue weighted by atomic mass is 79.9. The molecular weight excluding hydrogens is 517 g/mol. The Morgan fingerprint density at radius 1 is 1.11 bits per heavy atom. The molecule has 3 aromatic carbocycles. The van der Waals surface area contributed by atoms with Crippen molar-refractivity contribution in [3.63, 3.8) is 0 Å². The molecule has 0 aliphatic heterocycles. The summed E-state index contributed by atoms with van der Waals surface area (Å²) in [5.74, 6) is -0.848. The van der Waals surface area contributed by atoms with Gasteiger partial charge in [0.15, 0.2) is 18.1 Å². The van der Waals surface area contributed by atoms with Crippen molar-refractivity contribution < 1.29 is 23.5 Å². The van der Waals surface area contributed by atoms with Gasteiger partial charge in [0, 0.05) is 11.4 Å². The molecule has 2 N–H and O–H groups in total. The van der Waals surface area contributed by atoms with Crippen LogP contribution in [0.1, 0.15) is 11.1 Å². The van der Waals surface area contributed by atoms with E-state index in [-0.39, 0.29) is 18.1 Å². The maximum absolute atomic E-state index is 13.1. The SMILES string of the molecule is COc1cc(/C=C(\C#N)C(=O)Nc2ccc(F)cc2)cc(Br)c1OCC(=O)Nc1ccccc1C. The van der Waals surface area contributed by atoms with E-state index in [1.54, 1.807) is 18.2 Å². The molecule has 0 aliphatic carbocycles. The van der Waals surface area contributed by atoms with Crippen LogP contribution in [0.2, 0.25) is 0 Å². The molecule has 0 unspecified atom stereocenters. The lowest BCUT2D eigenvalue weighted by Gasteiger charge is -2.14. The minimum absolute atomic E-state index is 0.172. The fourth-order valence-electron chi connectivity index (χ4n) is 3.05. The molecule has 35 heavy (non-hydrogen) atoms. The topological polar surface area (TPSA) is 100 Å². The number of anilines is 2. The third kappa shape index (κ3) is 6.91. The van der Waals surface area contributed by atoms with Crippen molar-refractivity contribution >= 4 is 45.2 Å². The first kappa shape index (κ1) is 25.5. The number of nitrogens with one attached hydrogen (secondary N) is 2. The molecule has 0 saturated carbocycles. The summed E-state index contributed by atoms with van der Waals surface area (Å²) in [6.45, 7) is 1.62. The second-order valence-corrected chi connectivity index (χ2v) is 8.17. The van der Waals surface area contributed by atoms with Crippen molar-refractivity contribution in [2.24, 2.45) is 0 Å². The molecule has 0 aliphatic rings. The minimum Gasteiger partial charge on any atom is -0.493 e. The number of benzene rings is 3. The average molecular weight is 538 g/mol. The number of nitrogens with zero attached hydrogens (tertiary/aromatic N) is 1. The summed E-state index contributed by atoms with van der Waals surface area (Å²) in [5, 5.41) is 14.8. The van der Waals surface area contributed by atoms with Gasteiger partial charge in [0.25, 0.3) is 11.8 Å². The van der Waals surface area contributed by atoms with E-state index in [1.807, 2.05) is 31.2 Å². The Morgan fingerprint density at radius 2 is 1.83 bits per heavy atom. The Kier molecular flexibility index (Phi) is 8.59. The van der Waals surface area contributed by atoms with E-state index in [0.717, 1.165) is 5.56 Å². The molecule has 0 bridgehead atoms. The zero-order valence-electron chi connectivity index (χ0n) is 18.9. The monoisotopic (exact) mass is 537 g/mol. The molecule has 0 heterocycles.